The molecule has 0 radical (unpaired) electrons. The van der Waals surface area contributed by atoms with E-state index < -0.39 is 34.2 Å². The van der Waals surface area contributed by atoms with E-state index in [9.17, 15) is 33.3 Å². The van der Waals surface area contributed by atoms with Crippen LogP contribution in [0.4, 0.5) is 25.8 Å². The number of hydrogen-bond acceptors (Lipinski definition) is 8. The number of hydrogen-bond donors (Lipinski definition) is 1. The van der Waals surface area contributed by atoms with Crippen LogP contribution in [0, 0.1) is 27.7 Å². The van der Waals surface area contributed by atoms with Gasteiger partial charge < -0.3 is 14.7 Å². The number of nitrogens with zero attached hydrogens (tertiary/aromatic N) is 5. The quantitative estimate of drug-likeness (QED) is 0.314. The van der Waals surface area contributed by atoms with Crippen LogP contribution in [0.5, 0.6) is 0 Å². The van der Waals surface area contributed by atoms with Gasteiger partial charge in [-0.25, -0.2) is 4.39 Å². The molecule has 1 N–H and O–H groups in total. The molecule has 6 rings (SSSR count). The molecule has 1 atom stereocenters. The summed E-state index contributed by atoms with van der Waals surface area (Å²) < 4.78 is 28.6. The van der Waals surface area contributed by atoms with Crippen molar-refractivity contribution in [3.63, 3.8) is 0 Å². The normalized spacial score (nSPS) is 22.0. The van der Waals surface area contributed by atoms with Gasteiger partial charge in [0.25, 0.3) is 5.91 Å². The summed E-state index contributed by atoms with van der Waals surface area (Å²) in [6, 6.07) is 6.77. The number of benzene rings is 2. The molecule has 0 unspecified atom stereocenters. The topological polar surface area (TPSA) is 119 Å². The Labute approximate surface area is 241 Å². The molecule has 4 aliphatic rings. The molecule has 13 heteroatoms. The molecule has 4 heterocycles. The number of piperidine rings is 2. The maximum atomic E-state index is 14.5. The predicted molar refractivity (Wildman–Crippen MR) is 149 cm³/mol. The maximum absolute atomic E-state index is 14.5. The molecule has 2 aromatic carbocycles. The third-order valence-corrected chi connectivity index (χ3v) is 8.93. The number of fused-ring (bicyclic) bond motifs is 1. The Kier molecular flexibility index (Phi) is 7.52. The zero-order valence-corrected chi connectivity index (χ0v) is 23.1. The van der Waals surface area contributed by atoms with Gasteiger partial charge in [-0.2, -0.15) is 4.39 Å². The first-order valence-electron chi connectivity index (χ1n) is 14.3. The minimum absolute atomic E-state index is 0.0708. The molecule has 4 aliphatic heterocycles. The Morgan fingerprint density at radius 3 is 2.33 bits per heavy atom. The van der Waals surface area contributed by atoms with Gasteiger partial charge in [0.15, 0.2) is 5.82 Å². The SMILES string of the molecule is O=C1CC[C@H](N2Cc3cc(N4CCN(CC5CCN(c6cc(F)c([N+](=O)[O-])cc6F)CC5)CC4)ccc3C2=O)C(=O)N1. The summed E-state index contributed by atoms with van der Waals surface area (Å²) in [7, 11) is 0. The first-order valence-corrected chi connectivity index (χ1v) is 14.3. The Morgan fingerprint density at radius 2 is 1.64 bits per heavy atom. The Hall–Kier alpha value is -4.13. The van der Waals surface area contributed by atoms with Crippen LogP contribution in [0.25, 0.3) is 0 Å². The fourth-order valence-electron chi connectivity index (χ4n) is 6.58. The minimum Gasteiger partial charge on any atom is -0.369 e. The first-order chi connectivity index (χ1) is 20.2. The van der Waals surface area contributed by atoms with Gasteiger partial charge in [-0.1, -0.05) is 0 Å². The van der Waals surface area contributed by atoms with E-state index in [4.69, 9.17) is 0 Å². The van der Waals surface area contributed by atoms with Crippen LogP contribution >= 0.6 is 0 Å². The molecule has 0 aliphatic carbocycles. The van der Waals surface area contributed by atoms with E-state index in [0.717, 1.165) is 62.9 Å². The summed E-state index contributed by atoms with van der Waals surface area (Å²) >= 11 is 0. The van der Waals surface area contributed by atoms with Gasteiger partial charge >= 0.3 is 5.69 Å². The number of amides is 3. The molecule has 3 fully saturated rings. The third-order valence-electron chi connectivity index (χ3n) is 8.93. The lowest BCUT2D eigenvalue weighted by Gasteiger charge is -2.40. The van der Waals surface area contributed by atoms with Gasteiger partial charge in [-0.3, -0.25) is 34.7 Å². The fraction of sp³-hybridized carbons (Fsp3) is 0.483. The number of carbonyl (C=O) groups is 3. The average Bonchev–Trinajstić information content (AvgIpc) is 3.30. The van der Waals surface area contributed by atoms with E-state index in [-0.39, 0.29) is 23.9 Å². The minimum atomic E-state index is -1.03. The number of piperazine rings is 1. The van der Waals surface area contributed by atoms with Crippen molar-refractivity contribution in [1.82, 2.24) is 15.1 Å². The highest BCUT2D eigenvalue weighted by Gasteiger charge is 2.39. The molecular weight excluding hydrogens is 550 g/mol. The second-order valence-electron chi connectivity index (χ2n) is 11.5. The van der Waals surface area contributed by atoms with Gasteiger partial charge in [0.2, 0.25) is 17.6 Å². The zero-order chi connectivity index (χ0) is 29.5. The number of nitro groups is 1. The molecule has 2 aromatic rings. The average molecular weight is 583 g/mol. The lowest BCUT2D eigenvalue weighted by molar-refractivity contribution is -0.387. The number of nitrogens with one attached hydrogen (secondary N) is 1. The van der Waals surface area contributed by atoms with Crippen LogP contribution in [0.1, 0.15) is 41.6 Å². The monoisotopic (exact) mass is 582 g/mol. The second-order valence-corrected chi connectivity index (χ2v) is 11.5. The van der Waals surface area contributed by atoms with E-state index in [1.54, 1.807) is 9.80 Å². The van der Waals surface area contributed by atoms with Crippen LogP contribution in [0.3, 0.4) is 0 Å². The highest BCUT2D eigenvalue weighted by molar-refractivity contribution is 6.05. The number of rotatable bonds is 6. The molecule has 3 saturated heterocycles. The molecule has 0 bridgehead atoms. The van der Waals surface area contributed by atoms with Crippen LogP contribution in [-0.4, -0.2) is 84.3 Å². The standard InChI is InChI=1S/C29H32F2N6O5/c30-22-15-26(37(41)42)23(31)14-25(22)35-7-5-18(6-8-35)16-33-9-11-34(12-10-33)20-1-2-21-19(13-20)17-36(29(21)40)24-3-4-27(38)32-28(24)39/h1-2,13-15,18,24H,3-12,16-17H2,(H,32,38,39)/t24-/m0/s1. The molecule has 42 heavy (non-hydrogen) atoms. The van der Waals surface area contributed by atoms with E-state index in [2.05, 4.69) is 15.1 Å². The van der Waals surface area contributed by atoms with E-state index in [1.807, 2.05) is 18.2 Å². The lowest BCUT2D eigenvalue weighted by atomic mass is 9.95. The van der Waals surface area contributed by atoms with Crippen molar-refractivity contribution in [2.45, 2.75) is 38.3 Å². The molecule has 11 nitrogen and oxygen atoms in total. The van der Waals surface area contributed by atoms with Crippen molar-refractivity contribution in [2.24, 2.45) is 5.92 Å². The molecule has 0 spiro atoms. The second kappa shape index (κ2) is 11.3. The number of anilines is 2. The Balaban J connectivity index is 0.998. The van der Waals surface area contributed by atoms with Crippen LogP contribution in [0.2, 0.25) is 0 Å². The highest BCUT2D eigenvalue weighted by Crippen LogP contribution is 2.33. The maximum Gasteiger partial charge on any atom is 0.307 e. The molecular formula is C29H32F2N6O5. The van der Waals surface area contributed by atoms with Gasteiger partial charge in [0, 0.05) is 76.1 Å². The van der Waals surface area contributed by atoms with Gasteiger partial charge in [0.1, 0.15) is 6.04 Å². The lowest BCUT2D eigenvalue weighted by Crippen LogP contribution is -2.52. The fourth-order valence-corrected chi connectivity index (χ4v) is 6.58. The summed E-state index contributed by atoms with van der Waals surface area (Å²) in [5.74, 6) is -2.29. The highest BCUT2D eigenvalue weighted by atomic mass is 19.1. The van der Waals surface area contributed by atoms with Crippen molar-refractivity contribution >= 4 is 34.8 Å². The van der Waals surface area contributed by atoms with Gasteiger partial charge in [-0.05, 0) is 48.9 Å². The molecule has 0 aromatic heterocycles. The number of imide groups is 1. The van der Waals surface area contributed by atoms with Crippen molar-refractivity contribution in [3.8, 4) is 0 Å². The van der Waals surface area contributed by atoms with E-state index in [0.29, 0.717) is 43.6 Å². The van der Waals surface area contributed by atoms with Crippen molar-refractivity contribution in [2.75, 3.05) is 55.6 Å². The van der Waals surface area contributed by atoms with Crippen molar-refractivity contribution in [1.29, 1.82) is 0 Å². The first kappa shape index (κ1) is 28.0. The van der Waals surface area contributed by atoms with E-state index in [1.165, 1.54) is 0 Å². The van der Waals surface area contributed by atoms with Crippen LogP contribution in [-0.2, 0) is 16.1 Å². The Morgan fingerprint density at radius 1 is 0.905 bits per heavy atom. The Bertz CT molecular complexity index is 1440. The number of halogens is 2. The van der Waals surface area contributed by atoms with E-state index >= 15 is 0 Å². The number of nitro benzene ring substituents is 1. The summed E-state index contributed by atoms with van der Waals surface area (Å²) in [4.78, 5) is 54.8. The largest absolute Gasteiger partial charge is 0.369 e. The molecule has 222 valence electrons. The van der Waals surface area contributed by atoms with Crippen molar-refractivity contribution in [3.05, 3.63) is 63.2 Å². The van der Waals surface area contributed by atoms with Gasteiger partial charge in [-0.15, -0.1) is 0 Å². The third kappa shape index (κ3) is 5.40. The smallest absolute Gasteiger partial charge is 0.307 e. The van der Waals surface area contributed by atoms with Gasteiger partial charge in [0.05, 0.1) is 16.7 Å². The number of carbonyl (C=O) groups excluding carboxylic acids is 3. The zero-order valence-electron chi connectivity index (χ0n) is 23.1. The summed E-state index contributed by atoms with van der Waals surface area (Å²) in [6.07, 6.45) is 2.20. The predicted octanol–water partition coefficient (Wildman–Crippen LogP) is 2.67. The molecule has 0 saturated carbocycles. The van der Waals surface area contributed by atoms with Crippen molar-refractivity contribution < 1.29 is 28.1 Å². The molecule has 3 amide bonds. The summed E-state index contributed by atoms with van der Waals surface area (Å²) in [5, 5.41) is 13.2. The summed E-state index contributed by atoms with van der Waals surface area (Å²) in [6.45, 7) is 5.79. The van der Waals surface area contributed by atoms with Crippen LogP contribution in [0.15, 0.2) is 30.3 Å². The van der Waals surface area contributed by atoms with Crippen LogP contribution < -0.4 is 15.1 Å². The summed E-state index contributed by atoms with van der Waals surface area (Å²) in [5.41, 5.74) is 1.75.